The Bertz CT molecular complexity index is 774. The second-order valence-corrected chi connectivity index (χ2v) is 5.04. The third kappa shape index (κ3) is 3.26. The zero-order chi connectivity index (χ0) is 14.7. The zero-order valence-corrected chi connectivity index (χ0v) is 12.3. The van der Waals surface area contributed by atoms with Crippen molar-refractivity contribution in [1.29, 1.82) is 0 Å². The molecule has 4 heteroatoms. The molecule has 21 heavy (non-hydrogen) atoms. The van der Waals surface area contributed by atoms with Gasteiger partial charge >= 0.3 is 0 Å². The molecule has 1 heterocycles. The van der Waals surface area contributed by atoms with E-state index in [1.807, 2.05) is 48.5 Å². The highest BCUT2D eigenvalue weighted by Gasteiger charge is 2.02. The van der Waals surface area contributed by atoms with Gasteiger partial charge in [0, 0.05) is 10.4 Å². The SMILES string of the molecule is COc1ccc2nc(COc3cccc(Cl)c3)ccc2c1. The largest absolute Gasteiger partial charge is 0.497 e. The number of methoxy groups -OCH3 is 1. The summed E-state index contributed by atoms with van der Waals surface area (Å²) in [6.45, 7) is 0.405. The molecule has 0 aliphatic heterocycles. The van der Waals surface area contributed by atoms with Crippen molar-refractivity contribution in [3.63, 3.8) is 0 Å². The fourth-order valence-electron chi connectivity index (χ4n) is 2.07. The number of fused-ring (bicyclic) bond motifs is 1. The van der Waals surface area contributed by atoms with Crippen LogP contribution in [0.1, 0.15) is 5.69 Å². The number of rotatable bonds is 4. The van der Waals surface area contributed by atoms with Crippen LogP contribution in [0.25, 0.3) is 10.9 Å². The summed E-state index contributed by atoms with van der Waals surface area (Å²) in [5, 5.41) is 1.70. The number of ether oxygens (including phenoxy) is 2. The molecule has 0 aliphatic carbocycles. The Hall–Kier alpha value is -2.26. The van der Waals surface area contributed by atoms with Gasteiger partial charge in [-0.05, 0) is 42.5 Å². The quantitative estimate of drug-likeness (QED) is 0.712. The lowest BCUT2D eigenvalue weighted by Gasteiger charge is -2.07. The van der Waals surface area contributed by atoms with Crippen molar-refractivity contribution in [2.75, 3.05) is 7.11 Å². The first-order valence-corrected chi connectivity index (χ1v) is 6.94. The minimum atomic E-state index is 0.405. The molecule has 0 saturated carbocycles. The Morgan fingerprint density at radius 1 is 1.00 bits per heavy atom. The van der Waals surface area contributed by atoms with Gasteiger partial charge in [0.05, 0.1) is 18.3 Å². The van der Waals surface area contributed by atoms with E-state index in [0.29, 0.717) is 11.6 Å². The Labute approximate surface area is 128 Å². The van der Waals surface area contributed by atoms with Crippen LogP contribution in [0.4, 0.5) is 0 Å². The molecule has 0 aliphatic rings. The smallest absolute Gasteiger partial charge is 0.130 e. The molecular formula is C17H14ClNO2. The summed E-state index contributed by atoms with van der Waals surface area (Å²) >= 11 is 5.93. The number of hydrogen-bond donors (Lipinski definition) is 0. The number of hydrogen-bond acceptors (Lipinski definition) is 3. The number of nitrogens with zero attached hydrogens (tertiary/aromatic N) is 1. The van der Waals surface area contributed by atoms with Gasteiger partial charge in [-0.3, -0.25) is 0 Å². The molecular weight excluding hydrogens is 286 g/mol. The summed E-state index contributed by atoms with van der Waals surface area (Å²) in [6.07, 6.45) is 0. The third-order valence-electron chi connectivity index (χ3n) is 3.14. The van der Waals surface area contributed by atoms with Crippen molar-refractivity contribution in [3.05, 3.63) is 65.3 Å². The van der Waals surface area contributed by atoms with E-state index in [0.717, 1.165) is 28.1 Å². The first-order chi connectivity index (χ1) is 10.2. The van der Waals surface area contributed by atoms with Crippen molar-refractivity contribution in [2.24, 2.45) is 0 Å². The molecule has 2 aromatic carbocycles. The van der Waals surface area contributed by atoms with Crippen LogP contribution in [0, 0.1) is 0 Å². The van der Waals surface area contributed by atoms with Crippen LogP contribution >= 0.6 is 11.6 Å². The Balaban J connectivity index is 1.78. The van der Waals surface area contributed by atoms with E-state index in [1.54, 1.807) is 13.2 Å². The summed E-state index contributed by atoms with van der Waals surface area (Å²) in [4.78, 5) is 4.57. The van der Waals surface area contributed by atoms with Gasteiger partial charge in [0.2, 0.25) is 0 Å². The van der Waals surface area contributed by atoms with E-state index < -0.39 is 0 Å². The molecule has 3 aromatic rings. The fraction of sp³-hybridized carbons (Fsp3) is 0.118. The second kappa shape index (κ2) is 6.02. The lowest BCUT2D eigenvalue weighted by Crippen LogP contribution is -1.98. The monoisotopic (exact) mass is 299 g/mol. The highest BCUT2D eigenvalue weighted by Crippen LogP contribution is 2.21. The molecule has 0 amide bonds. The predicted octanol–water partition coefficient (Wildman–Crippen LogP) is 4.48. The van der Waals surface area contributed by atoms with Crippen LogP contribution < -0.4 is 9.47 Å². The average Bonchev–Trinajstić information content (AvgIpc) is 2.52. The molecule has 0 unspecified atom stereocenters. The Morgan fingerprint density at radius 2 is 1.90 bits per heavy atom. The molecule has 0 saturated heterocycles. The highest BCUT2D eigenvalue weighted by molar-refractivity contribution is 6.30. The number of aromatic nitrogens is 1. The van der Waals surface area contributed by atoms with Gasteiger partial charge in [-0.2, -0.15) is 0 Å². The standard InChI is InChI=1S/C17H14ClNO2/c1-20-15-7-8-17-12(9-15)5-6-14(19-17)11-21-16-4-2-3-13(18)10-16/h2-10H,11H2,1H3. The number of benzene rings is 2. The fourth-order valence-corrected chi connectivity index (χ4v) is 2.25. The van der Waals surface area contributed by atoms with Crippen molar-refractivity contribution in [1.82, 2.24) is 4.98 Å². The molecule has 0 bridgehead atoms. The topological polar surface area (TPSA) is 31.4 Å². The molecule has 3 rings (SSSR count). The van der Waals surface area contributed by atoms with Crippen LogP contribution in [0.5, 0.6) is 11.5 Å². The molecule has 0 spiro atoms. The van der Waals surface area contributed by atoms with Gasteiger partial charge < -0.3 is 9.47 Å². The van der Waals surface area contributed by atoms with E-state index >= 15 is 0 Å². The lowest BCUT2D eigenvalue weighted by atomic mass is 10.2. The third-order valence-corrected chi connectivity index (χ3v) is 3.37. The second-order valence-electron chi connectivity index (χ2n) is 4.61. The summed E-state index contributed by atoms with van der Waals surface area (Å²) in [5.41, 5.74) is 1.79. The van der Waals surface area contributed by atoms with Crippen molar-refractivity contribution < 1.29 is 9.47 Å². The van der Waals surface area contributed by atoms with Gasteiger partial charge in [0.25, 0.3) is 0 Å². The van der Waals surface area contributed by atoms with Gasteiger partial charge in [-0.15, -0.1) is 0 Å². The average molecular weight is 300 g/mol. The normalized spacial score (nSPS) is 10.6. The lowest BCUT2D eigenvalue weighted by molar-refractivity contribution is 0.302. The Kier molecular flexibility index (Phi) is 3.93. The van der Waals surface area contributed by atoms with Crippen LogP contribution in [-0.4, -0.2) is 12.1 Å². The van der Waals surface area contributed by atoms with E-state index in [4.69, 9.17) is 21.1 Å². The first-order valence-electron chi connectivity index (χ1n) is 6.57. The Morgan fingerprint density at radius 3 is 2.71 bits per heavy atom. The predicted molar refractivity (Wildman–Crippen MR) is 84.1 cm³/mol. The maximum absolute atomic E-state index is 5.93. The van der Waals surface area contributed by atoms with E-state index in [2.05, 4.69) is 4.98 Å². The number of pyridine rings is 1. The summed E-state index contributed by atoms with van der Waals surface area (Å²) in [5.74, 6) is 1.56. The molecule has 0 fully saturated rings. The molecule has 1 aromatic heterocycles. The van der Waals surface area contributed by atoms with E-state index in [-0.39, 0.29) is 0 Å². The maximum atomic E-state index is 5.93. The van der Waals surface area contributed by atoms with E-state index in [9.17, 15) is 0 Å². The van der Waals surface area contributed by atoms with Crippen molar-refractivity contribution in [2.45, 2.75) is 6.61 Å². The van der Waals surface area contributed by atoms with Gasteiger partial charge in [0.15, 0.2) is 0 Å². The van der Waals surface area contributed by atoms with Crippen molar-refractivity contribution in [3.8, 4) is 11.5 Å². The first kappa shape index (κ1) is 13.7. The van der Waals surface area contributed by atoms with E-state index in [1.165, 1.54) is 0 Å². The summed E-state index contributed by atoms with van der Waals surface area (Å²) in [7, 11) is 1.65. The minimum absolute atomic E-state index is 0.405. The zero-order valence-electron chi connectivity index (χ0n) is 11.5. The molecule has 0 atom stereocenters. The summed E-state index contributed by atoms with van der Waals surface area (Å²) < 4.78 is 10.9. The van der Waals surface area contributed by atoms with Crippen molar-refractivity contribution >= 4 is 22.5 Å². The van der Waals surface area contributed by atoms with Gasteiger partial charge in [-0.1, -0.05) is 23.7 Å². The molecule has 3 nitrogen and oxygen atoms in total. The van der Waals surface area contributed by atoms with Crippen LogP contribution in [0.3, 0.4) is 0 Å². The molecule has 106 valence electrons. The van der Waals surface area contributed by atoms with Crippen LogP contribution in [-0.2, 0) is 6.61 Å². The maximum Gasteiger partial charge on any atom is 0.130 e. The highest BCUT2D eigenvalue weighted by atomic mass is 35.5. The van der Waals surface area contributed by atoms with Gasteiger partial charge in [0.1, 0.15) is 18.1 Å². The molecule has 0 radical (unpaired) electrons. The van der Waals surface area contributed by atoms with Crippen LogP contribution in [0.2, 0.25) is 5.02 Å². The minimum Gasteiger partial charge on any atom is -0.497 e. The van der Waals surface area contributed by atoms with Gasteiger partial charge in [-0.25, -0.2) is 4.98 Å². The summed E-state index contributed by atoms with van der Waals surface area (Å²) in [6, 6.07) is 17.1. The molecule has 0 N–H and O–H groups in total. The number of halogens is 1. The van der Waals surface area contributed by atoms with Crippen LogP contribution in [0.15, 0.2) is 54.6 Å².